The van der Waals surface area contributed by atoms with Gasteiger partial charge in [-0.3, -0.25) is 0 Å². The predicted octanol–water partition coefficient (Wildman–Crippen LogP) is 1.97. The van der Waals surface area contributed by atoms with E-state index < -0.39 is 10.0 Å². The standard InChI is InChI=1S/C18H23N7O2S/c1-11-2-5-14(8-16(11)28(20,26)27)23-18-21-9-12-10-22-25(17(12)24-18)15-6-3-13(19)4-7-15/h2,5,8-10,13,15H,3-4,6-7,19H2,1H3,(H2,20,26,27)(H,21,23,24)/t13-,15+. The fourth-order valence-corrected chi connectivity index (χ4v) is 4.43. The Morgan fingerprint density at radius 3 is 2.64 bits per heavy atom. The Bertz CT molecular complexity index is 1120. The minimum absolute atomic E-state index is 0.0714. The van der Waals surface area contributed by atoms with Gasteiger partial charge in [0.05, 0.1) is 22.5 Å². The third kappa shape index (κ3) is 3.71. The first-order valence-corrected chi connectivity index (χ1v) is 10.7. The molecule has 2 heterocycles. The summed E-state index contributed by atoms with van der Waals surface area (Å²) in [5.74, 6) is 0.367. The molecule has 10 heteroatoms. The number of anilines is 2. The topological polar surface area (TPSA) is 142 Å². The molecule has 1 aromatic carbocycles. The smallest absolute Gasteiger partial charge is 0.238 e. The lowest BCUT2D eigenvalue weighted by molar-refractivity contribution is 0.309. The Hall–Kier alpha value is -2.56. The molecule has 0 spiro atoms. The van der Waals surface area contributed by atoms with E-state index in [1.54, 1.807) is 31.5 Å². The molecule has 3 aromatic rings. The van der Waals surface area contributed by atoms with Gasteiger partial charge in [0.25, 0.3) is 0 Å². The van der Waals surface area contributed by atoms with Crippen LogP contribution in [0.25, 0.3) is 11.0 Å². The van der Waals surface area contributed by atoms with Crippen molar-refractivity contribution < 1.29 is 8.42 Å². The van der Waals surface area contributed by atoms with Gasteiger partial charge in [-0.05, 0) is 50.3 Å². The summed E-state index contributed by atoms with van der Waals surface area (Å²) in [5, 5.41) is 13.7. The minimum atomic E-state index is -3.80. The number of sulfonamides is 1. The molecule has 1 fully saturated rings. The molecular weight excluding hydrogens is 378 g/mol. The van der Waals surface area contributed by atoms with E-state index in [-0.39, 0.29) is 17.0 Å². The van der Waals surface area contributed by atoms with Gasteiger partial charge in [-0.1, -0.05) is 6.07 Å². The van der Waals surface area contributed by atoms with E-state index in [9.17, 15) is 8.42 Å². The van der Waals surface area contributed by atoms with E-state index in [4.69, 9.17) is 10.9 Å². The lowest BCUT2D eigenvalue weighted by Crippen LogP contribution is -2.28. The predicted molar refractivity (Wildman–Crippen MR) is 107 cm³/mol. The summed E-state index contributed by atoms with van der Waals surface area (Å²) < 4.78 is 25.4. The quantitative estimate of drug-likeness (QED) is 0.606. The van der Waals surface area contributed by atoms with Crippen molar-refractivity contribution >= 4 is 32.7 Å². The highest BCUT2D eigenvalue weighted by Crippen LogP contribution is 2.30. The highest BCUT2D eigenvalue weighted by molar-refractivity contribution is 7.89. The summed E-state index contributed by atoms with van der Waals surface area (Å²) >= 11 is 0. The second-order valence-electron chi connectivity index (χ2n) is 7.28. The molecule has 28 heavy (non-hydrogen) atoms. The van der Waals surface area contributed by atoms with Crippen LogP contribution >= 0.6 is 0 Å². The summed E-state index contributed by atoms with van der Waals surface area (Å²) in [6.45, 7) is 1.70. The third-order valence-electron chi connectivity index (χ3n) is 5.17. The van der Waals surface area contributed by atoms with Crippen molar-refractivity contribution in [3.8, 4) is 0 Å². The number of hydrogen-bond acceptors (Lipinski definition) is 7. The van der Waals surface area contributed by atoms with Crippen molar-refractivity contribution in [3.63, 3.8) is 0 Å². The Morgan fingerprint density at radius 2 is 1.93 bits per heavy atom. The number of nitrogens with zero attached hydrogens (tertiary/aromatic N) is 4. The highest BCUT2D eigenvalue weighted by Gasteiger charge is 2.22. The van der Waals surface area contributed by atoms with Crippen LogP contribution in [0.15, 0.2) is 35.5 Å². The Labute approximate surface area is 163 Å². The van der Waals surface area contributed by atoms with Gasteiger partial charge in [0.2, 0.25) is 16.0 Å². The number of benzene rings is 1. The maximum absolute atomic E-state index is 11.7. The zero-order chi connectivity index (χ0) is 19.9. The molecular formula is C18H23N7O2S. The number of aryl methyl sites for hydroxylation is 1. The van der Waals surface area contributed by atoms with Crippen molar-refractivity contribution in [1.82, 2.24) is 19.7 Å². The van der Waals surface area contributed by atoms with Gasteiger partial charge in [-0.15, -0.1) is 0 Å². The Balaban J connectivity index is 1.64. The van der Waals surface area contributed by atoms with Crippen LogP contribution in [0, 0.1) is 6.92 Å². The maximum atomic E-state index is 11.7. The molecule has 9 nitrogen and oxygen atoms in total. The van der Waals surface area contributed by atoms with Crippen molar-refractivity contribution in [1.29, 1.82) is 0 Å². The van der Waals surface area contributed by atoms with Crippen LogP contribution in [0.5, 0.6) is 0 Å². The molecule has 0 aliphatic heterocycles. The molecule has 0 saturated heterocycles. The molecule has 1 aliphatic rings. The zero-order valence-corrected chi connectivity index (χ0v) is 16.4. The Kier molecular flexibility index (Phi) is 4.77. The minimum Gasteiger partial charge on any atom is -0.328 e. The number of rotatable bonds is 4. The average molecular weight is 401 g/mol. The maximum Gasteiger partial charge on any atom is 0.238 e. The van der Waals surface area contributed by atoms with Crippen LogP contribution in [-0.2, 0) is 10.0 Å². The number of fused-ring (bicyclic) bond motifs is 1. The molecule has 2 aromatic heterocycles. The van der Waals surface area contributed by atoms with E-state index in [1.165, 1.54) is 6.07 Å². The average Bonchev–Trinajstić information content (AvgIpc) is 3.06. The van der Waals surface area contributed by atoms with Gasteiger partial charge in [0.15, 0.2) is 5.65 Å². The van der Waals surface area contributed by atoms with Gasteiger partial charge < -0.3 is 11.1 Å². The summed E-state index contributed by atoms with van der Waals surface area (Å²) in [5.41, 5.74) is 7.88. The first-order valence-electron chi connectivity index (χ1n) is 9.17. The first kappa shape index (κ1) is 18.8. The van der Waals surface area contributed by atoms with Crippen LogP contribution in [0.4, 0.5) is 11.6 Å². The van der Waals surface area contributed by atoms with E-state index >= 15 is 0 Å². The van der Waals surface area contributed by atoms with Gasteiger partial charge in [-0.2, -0.15) is 10.1 Å². The van der Waals surface area contributed by atoms with E-state index in [0.717, 1.165) is 36.7 Å². The summed E-state index contributed by atoms with van der Waals surface area (Å²) in [6.07, 6.45) is 7.36. The Morgan fingerprint density at radius 1 is 1.18 bits per heavy atom. The lowest BCUT2D eigenvalue weighted by Gasteiger charge is -2.26. The molecule has 0 amide bonds. The SMILES string of the molecule is Cc1ccc(Nc2ncc3cnn([C@H]4CC[C@@H](N)CC4)c3n2)cc1S(N)(=O)=O. The van der Waals surface area contributed by atoms with Gasteiger partial charge in [-0.25, -0.2) is 23.2 Å². The van der Waals surface area contributed by atoms with E-state index in [1.807, 2.05) is 4.68 Å². The largest absolute Gasteiger partial charge is 0.328 e. The molecule has 4 rings (SSSR count). The molecule has 0 bridgehead atoms. The van der Waals surface area contributed by atoms with Crippen LogP contribution in [0.2, 0.25) is 0 Å². The van der Waals surface area contributed by atoms with Crippen LogP contribution in [0.3, 0.4) is 0 Å². The fourth-order valence-electron chi connectivity index (χ4n) is 3.62. The zero-order valence-electron chi connectivity index (χ0n) is 15.5. The fraction of sp³-hybridized carbons (Fsp3) is 0.389. The van der Waals surface area contributed by atoms with Crippen LogP contribution in [0.1, 0.15) is 37.3 Å². The molecule has 148 valence electrons. The van der Waals surface area contributed by atoms with Gasteiger partial charge in [0, 0.05) is 17.9 Å². The van der Waals surface area contributed by atoms with Crippen molar-refractivity contribution in [2.45, 2.75) is 49.6 Å². The van der Waals surface area contributed by atoms with Gasteiger partial charge in [0.1, 0.15) is 0 Å². The van der Waals surface area contributed by atoms with Crippen molar-refractivity contribution in [2.75, 3.05) is 5.32 Å². The van der Waals surface area contributed by atoms with E-state index in [0.29, 0.717) is 17.2 Å². The molecule has 1 saturated carbocycles. The first-order chi connectivity index (χ1) is 13.3. The number of aromatic nitrogens is 4. The van der Waals surface area contributed by atoms with Crippen molar-refractivity contribution in [3.05, 3.63) is 36.2 Å². The van der Waals surface area contributed by atoms with Crippen molar-refractivity contribution in [2.24, 2.45) is 10.9 Å². The van der Waals surface area contributed by atoms with Crippen LogP contribution < -0.4 is 16.2 Å². The summed E-state index contributed by atoms with van der Waals surface area (Å²) in [6, 6.07) is 5.47. The van der Waals surface area contributed by atoms with Gasteiger partial charge >= 0.3 is 0 Å². The normalized spacial score (nSPS) is 20.4. The molecule has 5 N–H and O–H groups in total. The molecule has 0 atom stereocenters. The monoisotopic (exact) mass is 401 g/mol. The molecule has 0 unspecified atom stereocenters. The summed E-state index contributed by atoms with van der Waals surface area (Å²) in [7, 11) is -3.80. The second-order valence-corrected chi connectivity index (χ2v) is 8.81. The lowest BCUT2D eigenvalue weighted by atomic mass is 9.92. The number of hydrogen-bond donors (Lipinski definition) is 3. The highest BCUT2D eigenvalue weighted by atomic mass is 32.2. The number of nitrogens with two attached hydrogens (primary N) is 2. The second kappa shape index (κ2) is 7.12. The summed E-state index contributed by atoms with van der Waals surface area (Å²) in [4.78, 5) is 8.99. The third-order valence-corrected chi connectivity index (χ3v) is 6.23. The number of primary sulfonamides is 1. The van der Waals surface area contributed by atoms with E-state index in [2.05, 4.69) is 20.4 Å². The molecule has 1 aliphatic carbocycles. The van der Waals surface area contributed by atoms with Crippen LogP contribution in [-0.4, -0.2) is 34.2 Å². The molecule has 0 radical (unpaired) electrons. The number of nitrogens with one attached hydrogen (secondary N) is 1.